The van der Waals surface area contributed by atoms with E-state index in [1.165, 1.54) is 0 Å². The van der Waals surface area contributed by atoms with Gasteiger partial charge in [0.2, 0.25) is 0 Å². The summed E-state index contributed by atoms with van der Waals surface area (Å²) in [6.07, 6.45) is 20.0. The summed E-state index contributed by atoms with van der Waals surface area (Å²) in [7, 11) is 0. The van der Waals surface area contributed by atoms with Crippen molar-refractivity contribution in [2.75, 3.05) is 0 Å². The molecule has 0 nitrogen and oxygen atoms in total. The van der Waals surface area contributed by atoms with Gasteiger partial charge in [-0.15, -0.1) is 37.7 Å². The van der Waals surface area contributed by atoms with Crippen LogP contribution in [0, 0.1) is 86.4 Å². The second kappa shape index (κ2) is 94.8. The maximum absolute atomic E-state index is 2.99. The number of hydrogen-bond donors (Lipinski definition) is 0. The predicted molar refractivity (Wildman–Crippen MR) is 122 cm³/mol. The maximum atomic E-state index is 2.99. The molecule has 0 aromatic rings. The Hall–Kier alpha value is 0.410. The molecule has 0 aliphatic heterocycles. The van der Waals surface area contributed by atoms with Crippen LogP contribution in [-0.4, -0.2) is 0 Å². The molecule has 0 spiro atoms. The molecule has 0 fully saturated rings. The maximum Gasteiger partial charge on any atom is 0 e. The summed E-state index contributed by atoms with van der Waals surface area (Å²) in [6, 6.07) is 0. The molecule has 23 heavy (non-hydrogen) atoms. The SMILES string of the molecule is Cl.Cl.[C-]1=CC=CC1.[C-]1=CC=CC1.[CH3-].[CH3-].[CH3-].[CH3-].[CH3-].[CH3-].[CH3-].[CH3-].[CH3-].[CH3-].[Hf]. The molecule has 3 heteroatoms. The summed E-state index contributed by atoms with van der Waals surface area (Å²) in [4.78, 5) is 0. The summed E-state index contributed by atoms with van der Waals surface area (Å²) in [5.74, 6) is 0. The van der Waals surface area contributed by atoms with E-state index < -0.39 is 0 Å². The first-order valence-electron chi connectivity index (χ1n) is 3.43. The van der Waals surface area contributed by atoms with Crippen LogP contribution in [0.2, 0.25) is 0 Å². The first-order chi connectivity index (χ1) is 5.00. The van der Waals surface area contributed by atoms with Crippen molar-refractivity contribution in [1.29, 1.82) is 0 Å². The van der Waals surface area contributed by atoms with Gasteiger partial charge in [-0.3, -0.25) is 12.2 Å². The Morgan fingerprint density at radius 2 is 0.696 bits per heavy atom. The van der Waals surface area contributed by atoms with Crippen molar-refractivity contribution in [3.8, 4) is 0 Å². The van der Waals surface area contributed by atoms with Crippen LogP contribution in [0.25, 0.3) is 0 Å². The molecule has 0 radical (unpaired) electrons. The van der Waals surface area contributed by atoms with Crippen molar-refractivity contribution in [2.45, 2.75) is 12.8 Å². The third-order valence-electron chi connectivity index (χ3n) is 1.17. The third kappa shape index (κ3) is 86.1. The third-order valence-corrected chi connectivity index (χ3v) is 1.17. The van der Waals surface area contributed by atoms with Crippen molar-refractivity contribution >= 4 is 24.8 Å². The van der Waals surface area contributed by atoms with Crippen LogP contribution in [0.5, 0.6) is 0 Å². The molecule has 0 saturated heterocycles. The normalized spacial score (nSPS) is 7.65. The van der Waals surface area contributed by atoms with Gasteiger partial charge in [-0.2, -0.15) is 12.2 Å². The van der Waals surface area contributed by atoms with E-state index >= 15 is 0 Å². The van der Waals surface area contributed by atoms with Crippen LogP contribution < -0.4 is 0 Å². The van der Waals surface area contributed by atoms with Gasteiger partial charge in [0.1, 0.15) is 0 Å². The van der Waals surface area contributed by atoms with Gasteiger partial charge in [-0.1, -0.05) is 0 Å². The van der Waals surface area contributed by atoms with Gasteiger partial charge < -0.3 is 74.3 Å². The van der Waals surface area contributed by atoms with Gasteiger partial charge in [0.05, 0.1) is 0 Å². The van der Waals surface area contributed by atoms with E-state index in [-0.39, 0.29) is 125 Å². The molecule has 0 unspecified atom stereocenters. The number of rotatable bonds is 0. The van der Waals surface area contributed by atoms with Gasteiger partial charge in [0.25, 0.3) is 0 Å². The molecule has 0 aromatic carbocycles. The Morgan fingerprint density at radius 3 is 0.739 bits per heavy atom. The Bertz CT molecular complexity index is 154. The quantitative estimate of drug-likeness (QED) is 0.220. The second-order valence-electron chi connectivity index (χ2n) is 2.01. The number of allylic oxidation sites excluding steroid dienone is 8. The zero-order valence-corrected chi connectivity index (χ0v) is 22.4. The molecule has 0 heterocycles. The summed E-state index contributed by atoms with van der Waals surface area (Å²) < 4.78 is 0. The van der Waals surface area contributed by atoms with Gasteiger partial charge in [0, 0.05) is 25.8 Å². The van der Waals surface area contributed by atoms with Crippen molar-refractivity contribution in [1.82, 2.24) is 0 Å². The fourth-order valence-electron chi connectivity index (χ4n) is 0.680. The van der Waals surface area contributed by atoms with Crippen LogP contribution in [0.1, 0.15) is 12.8 Å². The van der Waals surface area contributed by atoms with Crippen molar-refractivity contribution in [3.05, 3.63) is 123 Å². The minimum atomic E-state index is 0. The van der Waals surface area contributed by atoms with Crippen LogP contribution in [0.4, 0.5) is 0 Å². The first-order valence-corrected chi connectivity index (χ1v) is 3.43. The number of hydrogen-bond acceptors (Lipinski definition) is 0. The molecule has 2 aliphatic rings. The average Bonchev–Trinajstić information content (AvgIpc) is 2.67. The first kappa shape index (κ1) is 108. The van der Waals surface area contributed by atoms with Crippen LogP contribution >= 0.6 is 24.8 Å². The molecular formula is C20H42Cl2Hf-12. The van der Waals surface area contributed by atoms with E-state index in [1.54, 1.807) is 0 Å². The van der Waals surface area contributed by atoms with E-state index in [1.807, 2.05) is 24.3 Å². The van der Waals surface area contributed by atoms with Crippen LogP contribution in [0.15, 0.2) is 36.5 Å². The minimum Gasteiger partial charge on any atom is -0.358 e. The van der Waals surface area contributed by atoms with Gasteiger partial charge >= 0.3 is 0 Å². The summed E-state index contributed by atoms with van der Waals surface area (Å²) in [5, 5.41) is 0. The average molecular weight is 532 g/mol. The standard InChI is InChI=1S/2C5H5.10CH3.2ClH.Hf/c2*1-2-4-5-3-1;;;;;;;;;;;;;/h2*1-3H,4H2;10*1H3;2*1H;/q12*-1;;;. The van der Waals surface area contributed by atoms with E-state index in [2.05, 4.69) is 24.3 Å². The van der Waals surface area contributed by atoms with E-state index in [4.69, 9.17) is 0 Å². The second-order valence-corrected chi connectivity index (χ2v) is 2.01. The zero-order chi connectivity index (χ0) is 7.07. The Kier molecular flexibility index (Phi) is 447. The molecule has 2 aliphatic carbocycles. The van der Waals surface area contributed by atoms with Crippen LogP contribution in [-0.2, 0) is 25.8 Å². The van der Waals surface area contributed by atoms with Crippen molar-refractivity contribution in [3.63, 3.8) is 0 Å². The molecule has 0 amide bonds. The molecule has 0 N–H and O–H groups in total. The predicted octanol–water partition coefficient (Wildman–Crippen LogP) is 7.96. The van der Waals surface area contributed by atoms with Crippen LogP contribution in [0.3, 0.4) is 0 Å². The molecule has 0 bridgehead atoms. The summed E-state index contributed by atoms with van der Waals surface area (Å²) in [6.45, 7) is 0. The molecule has 0 atom stereocenters. The monoisotopic (exact) mass is 532 g/mol. The molecular weight excluding hydrogens is 490 g/mol. The van der Waals surface area contributed by atoms with Gasteiger partial charge in [-0.05, 0) is 0 Å². The molecule has 0 saturated carbocycles. The summed E-state index contributed by atoms with van der Waals surface area (Å²) in [5.41, 5.74) is 0. The molecule has 2 rings (SSSR count). The van der Waals surface area contributed by atoms with Crippen molar-refractivity contribution < 1.29 is 25.8 Å². The van der Waals surface area contributed by atoms with Gasteiger partial charge in [-0.25, -0.2) is 24.3 Å². The Balaban J connectivity index is -0.00000000505. The molecule has 0 aromatic heterocycles. The van der Waals surface area contributed by atoms with Gasteiger partial charge in [0.15, 0.2) is 0 Å². The van der Waals surface area contributed by atoms with Crippen molar-refractivity contribution in [2.24, 2.45) is 0 Å². The van der Waals surface area contributed by atoms with E-state index in [0.29, 0.717) is 0 Å². The van der Waals surface area contributed by atoms with E-state index in [9.17, 15) is 0 Å². The summed E-state index contributed by atoms with van der Waals surface area (Å²) >= 11 is 0. The minimum absolute atomic E-state index is 0. The fraction of sp³-hybridized carbons (Fsp3) is 0.100. The molecule has 152 valence electrons. The smallest absolute Gasteiger partial charge is 0 e. The fourth-order valence-corrected chi connectivity index (χ4v) is 0.680. The van der Waals surface area contributed by atoms with E-state index in [0.717, 1.165) is 12.8 Å². The topological polar surface area (TPSA) is 0 Å². The Labute approximate surface area is 185 Å². The zero-order valence-electron chi connectivity index (χ0n) is 17.2. The largest absolute Gasteiger partial charge is 0.358 e. The number of halogens is 2. The Morgan fingerprint density at radius 1 is 0.478 bits per heavy atom.